The number of rotatable bonds is 6. The van der Waals surface area contributed by atoms with Crippen molar-refractivity contribution in [2.45, 2.75) is 102 Å². The van der Waals surface area contributed by atoms with Gasteiger partial charge in [0.05, 0.1) is 6.04 Å². The Hall–Kier alpha value is -4.75. The lowest BCUT2D eigenvalue weighted by atomic mass is 10.0. The third kappa shape index (κ3) is 7.69. The highest BCUT2D eigenvalue weighted by atomic mass is 16.6. The van der Waals surface area contributed by atoms with Gasteiger partial charge in [0.15, 0.2) is 5.69 Å². The molecule has 2 aliphatic heterocycles. The maximum atomic E-state index is 14.3. The molecule has 48 heavy (non-hydrogen) atoms. The van der Waals surface area contributed by atoms with Crippen LogP contribution in [0.15, 0.2) is 42.5 Å². The molecule has 1 saturated heterocycles. The quantitative estimate of drug-likeness (QED) is 0.337. The average Bonchev–Trinajstić information content (AvgIpc) is 3.35. The molecule has 2 fully saturated rings. The van der Waals surface area contributed by atoms with Crippen LogP contribution in [0.1, 0.15) is 89.2 Å². The zero-order chi connectivity index (χ0) is 34.6. The van der Waals surface area contributed by atoms with Crippen LogP contribution >= 0.6 is 0 Å². The molecule has 0 unspecified atom stereocenters. The van der Waals surface area contributed by atoms with Crippen molar-refractivity contribution in [3.05, 3.63) is 48.2 Å². The number of allylic oxidation sites excluding steroid dienone is 1. The van der Waals surface area contributed by atoms with E-state index in [0.29, 0.717) is 30.6 Å². The first-order chi connectivity index (χ1) is 22.8. The van der Waals surface area contributed by atoms with E-state index in [1.165, 1.54) is 9.70 Å². The van der Waals surface area contributed by atoms with Crippen LogP contribution in [0.2, 0.25) is 0 Å². The molecule has 0 radical (unpaired) electrons. The van der Waals surface area contributed by atoms with E-state index in [2.05, 4.69) is 26.1 Å². The monoisotopic (exact) mass is 663 g/mol. The van der Waals surface area contributed by atoms with Gasteiger partial charge in [-0.05, 0) is 53.4 Å². The maximum absolute atomic E-state index is 14.3. The summed E-state index contributed by atoms with van der Waals surface area (Å²) in [7, 11) is 0. The zero-order valence-corrected chi connectivity index (χ0v) is 27.9. The smallest absolute Gasteiger partial charge is 0.408 e. The number of carboxylic acid groups (broad SMARTS) is 1. The summed E-state index contributed by atoms with van der Waals surface area (Å²) in [5, 5.41) is 27.6. The fraction of sp³-hybridized carbons (Fsp3) is 0.559. The van der Waals surface area contributed by atoms with E-state index >= 15 is 0 Å². The molecule has 14 nitrogen and oxygen atoms in total. The topological polar surface area (TPSA) is 185 Å². The summed E-state index contributed by atoms with van der Waals surface area (Å²) < 4.78 is 5.46. The van der Waals surface area contributed by atoms with Gasteiger partial charge in [0.25, 0.3) is 5.91 Å². The summed E-state index contributed by atoms with van der Waals surface area (Å²) >= 11 is 0. The van der Waals surface area contributed by atoms with Crippen LogP contribution in [-0.4, -0.2) is 91.1 Å². The standard InChI is InChI=1S/C34H45N7O7/c1-5-35-29(43)27-26(21-14-10-9-11-15-21)38-41(39-27)23-18-25-28(42)37-34(31(45)46)19-22(34)16-12-7-6-8-13-17-24(30(44)40(25)20-23)36-32(47)48-33(2,3)4/h9-12,14-16,22-25H,5-8,13,17-20H2,1-4H3,(H,35,43)(H,36,47)(H,37,42)(H,45,46)/t22-,23+,24+,25+,34-/m1/s1. The molecule has 2 aromatic rings. The fourth-order valence-corrected chi connectivity index (χ4v) is 6.37. The van der Waals surface area contributed by atoms with E-state index in [-0.39, 0.29) is 31.0 Å². The minimum atomic E-state index is -1.47. The number of benzene rings is 1. The molecule has 3 aliphatic rings. The van der Waals surface area contributed by atoms with Crippen molar-refractivity contribution >= 4 is 29.8 Å². The molecule has 1 aromatic carbocycles. The number of amides is 4. The van der Waals surface area contributed by atoms with Gasteiger partial charge in [-0.2, -0.15) is 9.90 Å². The number of ether oxygens (including phenoxy) is 1. The van der Waals surface area contributed by atoms with Gasteiger partial charge in [-0.3, -0.25) is 14.4 Å². The number of aromatic nitrogens is 3. The van der Waals surface area contributed by atoms with Crippen LogP contribution in [-0.2, 0) is 19.1 Å². The Balaban J connectivity index is 1.50. The summed E-state index contributed by atoms with van der Waals surface area (Å²) in [6.45, 7) is 7.34. The van der Waals surface area contributed by atoms with Crippen LogP contribution in [0.3, 0.4) is 0 Å². The number of alkyl carbamates (subject to hydrolysis) is 1. The number of carbonyl (C=O) groups is 5. The first-order valence-electron chi connectivity index (χ1n) is 16.7. The lowest BCUT2D eigenvalue weighted by Gasteiger charge is -2.30. The van der Waals surface area contributed by atoms with Gasteiger partial charge in [-0.25, -0.2) is 9.59 Å². The molecule has 1 aliphatic carbocycles. The summed E-state index contributed by atoms with van der Waals surface area (Å²) in [5.41, 5.74) is -1.14. The molecule has 0 spiro atoms. The normalized spacial score (nSPS) is 26.3. The summed E-state index contributed by atoms with van der Waals surface area (Å²) in [6, 6.07) is 6.40. The second kappa shape index (κ2) is 14.2. The van der Waals surface area contributed by atoms with Gasteiger partial charge < -0.3 is 30.7 Å². The Kier molecular flexibility index (Phi) is 10.2. The number of hydrogen-bond acceptors (Lipinski definition) is 8. The molecular weight excluding hydrogens is 618 g/mol. The minimum Gasteiger partial charge on any atom is -0.479 e. The number of nitrogens with zero attached hydrogens (tertiary/aromatic N) is 4. The summed E-state index contributed by atoms with van der Waals surface area (Å²) in [5.74, 6) is -3.03. The van der Waals surface area contributed by atoms with Crippen molar-refractivity contribution in [3.8, 4) is 11.3 Å². The van der Waals surface area contributed by atoms with Crippen molar-refractivity contribution in [1.82, 2.24) is 35.8 Å². The van der Waals surface area contributed by atoms with Crippen LogP contribution in [0.4, 0.5) is 4.79 Å². The van der Waals surface area contributed by atoms with E-state index in [1.807, 2.05) is 42.5 Å². The second-order valence-electron chi connectivity index (χ2n) is 13.7. The Morgan fingerprint density at radius 3 is 2.54 bits per heavy atom. The van der Waals surface area contributed by atoms with E-state index in [1.54, 1.807) is 27.7 Å². The average molecular weight is 664 g/mol. The third-order valence-electron chi connectivity index (χ3n) is 8.88. The van der Waals surface area contributed by atoms with Gasteiger partial charge in [0.2, 0.25) is 11.8 Å². The molecule has 3 heterocycles. The van der Waals surface area contributed by atoms with Gasteiger partial charge in [0.1, 0.15) is 28.9 Å². The summed E-state index contributed by atoms with van der Waals surface area (Å²) in [4.78, 5) is 69.4. The molecule has 5 atom stereocenters. The molecule has 14 heteroatoms. The highest BCUT2D eigenvalue weighted by molar-refractivity contribution is 5.98. The number of fused-ring (bicyclic) bond motifs is 2. The van der Waals surface area contributed by atoms with E-state index < -0.39 is 59.0 Å². The predicted octanol–water partition coefficient (Wildman–Crippen LogP) is 3.21. The van der Waals surface area contributed by atoms with Crippen LogP contribution < -0.4 is 16.0 Å². The Morgan fingerprint density at radius 1 is 1.10 bits per heavy atom. The Morgan fingerprint density at radius 2 is 1.85 bits per heavy atom. The van der Waals surface area contributed by atoms with E-state index in [0.717, 1.165) is 19.3 Å². The lowest BCUT2D eigenvalue weighted by molar-refractivity contribution is -0.145. The van der Waals surface area contributed by atoms with Crippen molar-refractivity contribution in [2.75, 3.05) is 13.1 Å². The molecule has 1 aromatic heterocycles. The van der Waals surface area contributed by atoms with Crippen LogP contribution in [0.5, 0.6) is 0 Å². The van der Waals surface area contributed by atoms with E-state index in [9.17, 15) is 29.1 Å². The van der Waals surface area contributed by atoms with Gasteiger partial charge >= 0.3 is 12.1 Å². The molecule has 4 amide bonds. The van der Waals surface area contributed by atoms with Crippen molar-refractivity contribution in [2.24, 2.45) is 5.92 Å². The molecule has 258 valence electrons. The zero-order valence-electron chi connectivity index (χ0n) is 27.9. The largest absolute Gasteiger partial charge is 0.479 e. The highest BCUT2D eigenvalue weighted by Gasteiger charge is 2.61. The molecule has 4 N–H and O–H groups in total. The van der Waals surface area contributed by atoms with Gasteiger partial charge in [-0.1, -0.05) is 55.3 Å². The predicted molar refractivity (Wildman–Crippen MR) is 175 cm³/mol. The number of nitrogens with one attached hydrogen (secondary N) is 3. The first-order valence-corrected chi connectivity index (χ1v) is 16.7. The minimum absolute atomic E-state index is 0.00936. The summed E-state index contributed by atoms with van der Waals surface area (Å²) in [6.07, 6.45) is 6.63. The van der Waals surface area contributed by atoms with E-state index in [4.69, 9.17) is 4.74 Å². The van der Waals surface area contributed by atoms with Crippen molar-refractivity contribution in [3.63, 3.8) is 0 Å². The Bertz CT molecular complexity index is 1570. The number of hydrogen-bond donors (Lipinski definition) is 4. The Labute approximate surface area is 279 Å². The molecule has 0 bridgehead atoms. The molecule has 1 saturated carbocycles. The van der Waals surface area contributed by atoms with Crippen molar-refractivity contribution < 1.29 is 33.8 Å². The van der Waals surface area contributed by atoms with Crippen LogP contribution in [0, 0.1) is 5.92 Å². The van der Waals surface area contributed by atoms with Crippen LogP contribution in [0.25, 0.3) is 11.3 Å². The SMILES string of the molecule is CCNC(=O)c1nn([C@H]2C[C@H]3C(=O)N[C@]4(C(=O)O)C[C@H]4C=CCCCCC[C@H](NC(=O)OC(C)(C)C)C(=O)N3C2)nc1-c1ccccc1. The molecule has 5 rings (SSSR count). The highest BCUT2D eigenvalue weighted by Crippen LogP contribution is 2.45. The first kappa shape index (κ1) is 34.6. The van der Waals surface area contributed by atoms with Gasteiger partial charge in [-0.15, -0.1) is 5.10 Å². The van der Waals surface area contributed by atoms with Crippen molar-refractivity contribution in [1.29, 1.82) is 0 Å². The maximum Gasteiger partial charge on any atom is 0.408 e. The number of carbonyl (C=O) groups excluding carboxylic acids is 4. The lowest BCUT2D eigenvalue weighted by Crippen LogP contribution is -2.56. The van der Waals surface area contributed by atoms with Gasteiger partial charge in [0, 0.05) is 31.0 Å². The fourth-order valence-electron chi connectivity index (χ4n) is 6.37. The number of aliphatic carboxylic acids is 1. The third-order valence-corrected chi connectivity index (χ3v) is 8.88. The molecular formula is C34H45N7O7. The number of carboxylic acids is 1. The second-order valence-corrected chi connectivity index (χ2v) is 13.7.